The Labute approximate surface area is 175 Å². The molecule has 0 N–H and O–H groups in total. The van der Waals surface area contributed by atoms with E-state index in [1.165, 1.54) is 17.8 Å². The molecular formula is C22H26N2O4S. The number of benzene rings is 1. The number of ether oxygens (including phenoxy) is 2. The second-order valence-electron chi connectivity index (χ2n) is 7.30. The Morgan fingerprint density at radius 1 is 0.966 bits per heavy atom. The highest BCUT2D eigenvalue weighted by Crippen LogP contribution is 2.37. The lowest BCUT2D eigenvalue weighted by molar-refractivity contribution is -0.134. The molecule has 2 aliphatic heterocycles. The second kappa shape index (κ2) is 9.41. The topological polar surface area (TPSA) is 59.1 Å². The highest BCUT2D eigenvalue weighted by Gasteiger charge is 2.26. The van der Waals surface area contributed by atoms with Gasteiger partial charge in [-0.1, -0.05) is 30.3 Å². The van der Waals surface area contributed by atoms with E-state index in [0.29, 0.717) is 36.9 Å². The summed E-state index contributed by atoms with van der Waals surface area (Å²) in [5.41, 5.74) is 1.03. The molecule has 2 fully saturated rings. The Bertz CT molecular complexity index is 840. The number of hydrogen-bond acceptors (Lipinski definition) is 5. The molecule has 0 bridgehead atoms. The summed E-state index contributed by atoms with van der Waals surface area (Å²) in [5, 5.41) is 0. The lowest BCUT2D eigenvalue weighted by atomic mass is 10.1. The SMILES string of the molecule is O=C(COc1cc(-c2ccccc2)sc1C(=O)N1CCOCC1)N1CCCCC1. The van der Waals surface area contributed by atoms with Gasteiger partial charge in [-0.05, 0) is 30.9 Å². The third-order valence-electron chi connectivity index (χ3n) is 5.31. The van der Waals surface area contributed by atoms with Gasteiger partial charge < -0.3 is 19.3 Å². The lowest BCUT2D eigenvalue weighted by Gasteiger charge is -2.27. The summed E-state index contributed by atoms with van der Waals surface area (Å²) in [6, 6.07) is 11.8. The zero-order chi connectivity index (χ0) is 20.1. The van der Waals surface area contributed by atoms with E-state index < -0.39 is 0 Å². The first-order valence-electron chi connectivity index (χ1n) is 10.2. The van der Waals surface area contributed by atoms with Gasteiger partial charge in [-0.3, -0.25) is 9.59 Å². The van der Waals surface area contributed by atoms with Crippen molar-refractivity contribution in [3.8, 4) is 16.2 Å². The van der Waals surface area contributed by atoms with Crippen LogP contribution in [0.25, 0.3) is 10.4 Å². The molecule has 0 saturated carbocycles. The third-order valence-corrected chi connectivity index (χ3v) is 6.46. The van der Waals surface area contributed by atoms with Crippen LogP contribution >= 0.6 is 11.3 Å². The molecule has 0 aliphatic carbocycles. The molecule has 1 aromatic heterocycles. The first kappa shape index (κ1) is 19.9. The van der Waals surface area contributed by atoms with Gasteiger partial charge >= 0.3 is 0 Å². The Morgan fingerprint density at radius 3 is 2.41 bits per heavy atom. The van der Waals surface area contributed by atoms with Gasteiger partial charge in [0.05, 0.1) is 13.2 Å². The Morgan fingerprint density at radius 2 is 1.69 bits per heavy atom. The van der Waals surface area contributed by atoms with Gasteiger partial charge in [-0.15, -0.1) is 11.3 Å². The molecule has 2 aliphatic rings. The molecule has 2 saturated heterocycles. The number of likely N-dealkylation sites (tertiary alicyclic amines) is 1. The number of carbonyl (C=O) groups is 2. The van der Waals surface area contributed by atoms with E-state index in [0.717, 1.165) is 36.4 Å². The molecule has 1 aromatic carbocycles. The number of carbonyl (C=O) groups excluding carboxylic acids is 2. The Kier molecular flexibility index (Phi) is 6.46. The van der Waals surface area contributed by atoms with Crippen molar-refractivity contribution in [1.82, 2.24) is 9.80 Å². The zero-order valence-corrected chi connectivity index (χ0v) is 17.3. The largest absolute Gasteiger partial charge is 0.482 e. The number of thiophene rings is 1. The average molecular weight is 415 g/mol. The smallest absolute Gasteiger partial charge is 0.267 e. The molecule has 154 valence electrons. The standard InChI is InChI=1S/C22H26N2O4S/c25-20(23-9-5-2-6-10-23)16-28-18-15-19(17-7-3-1-4-8-17)29-21(18)22(26)24-11-13-27-14-12-24/h1,3-4,7-8,15H,2,5-6,9-14,16H2. The van der Waals surface area contributed by atoms with Crippen LogP contribution in [0.5, 0.6) is 5.75 Å². The fourth-order valence-electron chi connectivity index (χ4n) is 3.66. The first-order chi connectivity index (χ1) is 14.2. The zero-order valence-electron chi connectivity index (χ0n) is 16.5. The summed E-state index contributed by atoms with van der Waals surface area (Å²) in [6.45, 7) is 3.79. The molecule has 0 atom stereocenters. The van der Waals surface area contributed by atoms with Crippen molar-refractivity contribution in [2.24, 2.45) is 0 Å². The van der Waals surface area contributed by atoms with Crippen LogP contribution in [0.4, 0.5) is 0 Å². The van der Waals surface area contributed by atoms with E-state index >= 15 is 0 Å². The summed E-state index contributed by atoms with van der Waals surface area (Å²) in [5.74, 6) is 0.429. The van der Waals surface area contributed by atoms with Crippen molar-refractivity contribution in [1.29, 1.82) is 0 Å². The van der Waals surface area contributed by atoms with Crippen LogP contribution in [0.3, 0.4) is 0 Å². The quantitative estimate of drug-likeness (QED) is 0.753. The number of morpholine rings is 1. The maximum Gasteiger partial charge on any atom is 0.267 e. The predicted molar refractivity (Wildman–Crippen MR) is 112 cm³/mol. The van der Waals surface area contributed by atoms with Crippen LogP contribution in [-0.4, -0.2) is 67.6 Å². The van der Waals surface area contributed by atoms with Crippen LogP contribution in [0, 0.1) is 0 Å². The summed E-state index contributed by atoms with van der Waals surface area (Å²) in [6.07, 6.45) is 3.26. The van der Waals surface area contributed by atoms with Crippen molar-refractivity contribution in [2.45, 2.75) is 19.3 Å². The van der Waals surface area contributed by atoms with Gasteiger partial charge in [-0.25, -0.2) is 0 Å². The van der Waals surface area contributed by atoms with Gasteiger partial charge in [-0.2, -0.15) is 0 Å². The summed E-state index contributed by atoms with van der Waals surface area (Å²) < 4.78 is 11.3. The molecule has 3 heterocycles. The third kappa shape index (κ3) is 4.79. The van der Waals surface area contributed by atoms with Crippen LogP contribution in [0.1, 0.15) is 28.9 Å². The summed E-state index contributed by atoms with van der Waals surface area (Å²) in [4.78, 5) is 30.8. The number of amides is 2. The van der Waals surface area contributed by atoms with E-state index in [1.807, 2.05) is 41.3 Å². The van der Waals surface area contributed by atoms with Crippen molar-refractivity contribution in [2.75, 3.05) is 46.0 Å². The minimum atomic E-state index is -0.0547. The fraction of sp³-hybridized carbons (Fsp3) is 0.455. The monoisotopic (exact) mass is 414 g/mol. The van der Waals surface area contributed by atoms with Crippen LogP contribution in [-0.2, 0) is 9.53 Å². The minimum absolute atomic E-state index is 0.0121. The molecule has 6 nitrogen and oxygen atoms in total. The molecule has 2 aromatic rings. The van der Waals surface area contributed by atoms with Gasteiger partial charge in [0.15, 0.2) is 6.61 Å². The van der Waals surface area contributed by atoms with E-state index in [-0.39, 0.29) is 18.4 Å². The predicted octanol–water partition coefficient (Wildman–Crippen LogP) is 3.28. The van der Waals surface area contributed by atoms with Crippen molar-refractivity contribution in [3.05, 3.63) is 41.3 Å². The van der Waals surface area contributed by atoms with E-state index in [4.69, 9.17) is 9.47 Å². The number of piperidine rings is 1. The van der Waals surface area contributed by atoms with E-state index in [2.05, 4.69) is 0 Å². The van der Waals surface area contributed by atoms with Crippen molar-refractivity contribution < 1.29 is 19.1 Å². The molecule has 29 heavy (non-hydrogen) atoms. The van der Waals surface area contributed by atoms with Gasteiger partial charge in [0.25, 0.3) is 11.8 Å². The molecule has 0 unspecified atom stereocenters. The molecule has 2 amide bonds. The summed E-state index contributed by atoms with van der Waals surface area (Å²) in [7, 11) is 0. The second-order valence-corrected chi connectivity index (χ2v) is 8.36. The summed E-state index contributed by atoms with van der Waals surface area (Å²) >= 11 is 1.42. The highest BCUT2D eigenvalue weighted by molar-refractivity contribution is 7.17. The van der Waals surface area contributed by atoms with Crippen molar-refractivity contribution in [3.63, 3.8) is 0 Å². The van der Waals surface area contributed by atoms with Crippen LogP contribution < -0.4 is 4.74 Å². The normalized spacial score (nSPS) is 17.2. The highest BCUT2D eigenvalue weighted by atomic mass is 32.1. The van der Waals surface area contributed by atoms with E-state index in [1.54, 1.807) is 4.90 Å². The van der Waals surface area contributed by atoms with E-state index in [9.17, 15) is 9.59 Å². The minimum Gasteiger partial charge on any atom is -0.482 e. The molecule has 7 heteroatoms. The number of rotatable bonds is 5. The van der Waals surface area contributed by atoms with Gasteiger partial charge in [0, 0.05) is 31.1 Å². The number of hydrogen-bond donors (Lipinski definition) is 0. The lowest BCUT2D eigenvalue weighted by Crippen LogP contribution is -2.40. The maximum absolute atomic E-state index is 13.1. The van der Waals surface area contributed by atoms with Crippen LogP contribution in [0.15, 0.2) is 36.4 Å². The number of nitrogens with zero attached hydrogens (tertiary/aromatic N) is 2. The first-order valence-corrected chi connectivity index (χ1v) is 11.0. The molecule has 0 spiro atoms. The maximum atomic E-state index is 13.1. The molecular weight excluding hydrogens is 388 g/mol. The van der Waals surface area contributed by atoms with Crippen molar-refractivity contribution >= 4 is 23.2 Å². The fourth-order valence-corrected chi connectivity index (χ4v) is 4.73. The van der Waals surface area contributed by atoms with Gasteiger partial charge in [0.1, 0.15) is 10.6 Å². The average Bonchev–Trinajstić information content (AvgIpc) is 3.23. The molecule has 4 rings (SSSR count). The molecule has 0 radical (unpaired) electrons. The Hall–Kier alpha value is -2.38. The van der Waals surface area contributed by atoms with Crippen LogP contribution in [0.2, 0.25) is 0 Å². The van der Waals surface area contributed by atoms with Gasteiger partial charge in [0.2, 0.25) is 0 Å². The Balaban J connectivity index is 1.54.